The second-order valence-corrected chi connectivity index (χ2v) is 10.1. The Kier molecular flexibility index (Phi) is 6.88. The van der Waals surface area contributed by atoms with Gasteiger partial charge in [0.2, 0.25) is 5.56 Å². The van der Waals surface area contributed by atoms with Crippen molar-refractivity contribution in [2.45, 2.75) is 38.6 Å². The quantitative estimate of drug-likeness (QED) is 0.315. The van der Waals surface area contributed by atoms with Gasteiger partial charge in [-0.25, -0.2) is 0 Å². The van der Waals surface area contributed by atoms with Crippen molar-refractivity contribution in [2.24, 2.45) is 5.92 Å². The number of phenolic OH excluding ortho intramolecular Hbond substituents is 1. The number of ether oxygens (including phenoxy) is 1. The Balaban J connectivity index is 1.04. The van der Waals surface area contributed by atoms with Crippen LogP contribution in [0.4, 0.5) is 0 Å². The van der Waals surface area contributed by atoms with Gasteiger partial charge in [-0.3, -0.25) is 4.79 Å². The van der Waals surface area contributed by atoms with E-state index < -0.39 is 0 Å². The molecule has 6 nitrogen and oxygen atoms in total. The first-order valence-corrected chi connectivity index (χ1v) is 12.7. The zero-order valence-corrected chi connectivity index (χ0v) is 19.9. The number of quaternary nitrogens is 1. The number of nitrogens with one attached hydrogen (secondary N) is 2. The van der Waals surface area contributed by atoms with Crippen LogP contribution in [0.15, 0.2) is 53.3 Å². The summed E-state index contributed by atoms with van der Waals surface area (Å²) in [4.78, 5) is 14.3. The van der Waals surface area contributed by atoms with Gasteiger partial charge in [-0.15, -0.1) is 0 Å². The molecular weight excluding hydrogens is 426 g/mol. The van der Waals surface area contributed by atoms with Gasteiger partial charge >= 0.3 is 0 Å². The molecule has 0 atom stereocenters. The summed E-state index contributed by atoms with van der Waals surface area (Å²) >= 11 is 0. The minimum absolute atomic E-state index is 0.103. The van der Waals surface area contributed by atoms with Crippen LogP contribution in [0.5, 0.6) is 11.5 Å². The van der Waals surface area contributed by atoms with E-state index in [4.69, 9.17) is 4.74 Å². The van der Waals surface area contributed by atoms with Crippen molar-refractivity contribution < 1.29 is 14.3 Å². The Hall–Kier alpha value is -2.83. The lowest BCUT2D eigenvalue weighted by Crippen LogP contribution is -2.58. The van der Waals surface area contributed by atoms with Crippen LogP contribution in [0.3, 0.4) is 0 Å². The SMILES string of the molecule is O=c1ccc2c(CCNCc3ccc(OCCC[N+]45CCC(CC4)CC5)cc3)ccc(O)c2[nH]1. The summed E-state index contributed by atoms with van der Waals surface area (Å²) in [6.07, 6.45) is 6.24. The van der Waals surface area contributed by atoms with Crippen LogP contribution in [0.2, 0.25) is 0 Å². The zero-order valence-electron chi connectivity index (χ0n) is 19.9. The number of aromatic amines is 1. The Labute approximate surface area is 201 Å². The number of hydrogen-bond acceptors (Lipinski definition) is 4. The number of aromatic hydroxyl groups is 1. The molecule has 0 amide bonds. The normalized spacial score (nSPS) is 21.7. The molecule has 2 aromatic carbocycles. The molecule has 3 aromatic rings. The third kappa shape index (κ3) is 5.29. The topological polar surface area (TPSA) is 74.3 Å². The van der Waals surface area contributed by atoms with Crippen LogP contribution in [0, 0.1) is 5.92 Å². The van der Waals surface area contributed by atoms with E-state index in [2.05, 4.69) is 34.6 Å². The number of benzene rings is 2. The highest BCUT2D eigenvalue weighted by Gasteiger charge is 2.38. The van der Waals surface area contributed by atoms with Crippen LogP contribution >= 0.6 is 0 Å². The number of hydrogen-bond donors (Lipinski definition) is 3. The summed E-state index contributed by atoms with van der Waals surface area (Å²) in [5, 5.41) is 14.4. The Bertz CT molecular complexity index is 1150. The lowest BCUT2D eigenvalue weighted by molar-refractivity contribution is -0.942. The van der Waals surface area contributed by atoms with Gasteiger partial charge in [0.1, 0.15) is 11.5 Å². The fourth-order valence-electron chi connectivity index (χ4n) is 5.74. The molecule has 0 saturated carbocycles. The highest BCUT2D eigenvalue weighted by molar-refractivity contribution is 5.87. The molecule has 2 bridgehead atoms. The number of nitrogens with zero attached hydrogens (tertiary/aromatic N) is 1. The van der Waals surface area contributed by atoms with E-state index in [1.165, 1.54) is 61.6 Å². The summed E-state index contributed by atoms with van der Waals surface area (Å²) in [7, 11) is 0. The summed E-state index contributed by atoms with van der Waals surface area (Å²) in [6.45, 7) is 7.80. The van der Waals surface area contributed by atoms with E-state index in [0.717, 1.165) is 55.2 Å². The minimum Gasteiger partial charge on any atom is -0.506 e. The van der Waals surface area contributed by atoms with Crippen LogP contribution in [0.1, 0.15) is 36.8 Å². The fourth-order valence-corrected chi connectivity index (χ4v) is 5.74. The molecule has 3 N–H and O–H groups in total. The number of piperidine rings is 3. The first-order valence-electron chi connectivity index (χ1n) is 12.7. The number of fused-ring (bicyclic) bond motifs is 4. The summed E-state index contributed by atoms with van der Waals surface area (Å²) in [6, 6.07) is 15.2. The Morgan fingerprint density at radius 2 is 1.76 bits per heavy atom. The predicted molar refractivity (Wildman–Crippen MR) is 135 cm³/mol. The van der Waals surface area contributed by atoms with Gasteiger partial charge in [-0.2, -0.15) is 0 Å². The molecule has 6 rings (SSSR count). The summed E-state index contributed by atoms with van der Waals surface area (Å²) < 4.78 is 7.36. The van der Waals surface area contributed by atoms with E-state index >= 15 is 0 Å². The Morgan fingerprint density at radius 3 is 2.53 bits per heavy atom. The smallest absolute Gasteiger partial charge is 0.248 e. The average Bonchev–Trinajstić information content (AvgIpc) is 2.88. The number of aromatic nitrogens is 1. The van der Waals surface area contributed by atoms with Gasteiger partial charge in [0.15, 0.2) is 0 Å². The van der Waals surface area contributed by atoms with Crippen LogP contribution in [-0.4, -0.2) is 53.9 Å². The van der Waals surface area contributed by atoms with E-state index in [1.54, 1.807) is 12.1 Å². The second-order valence-electron chi connectivity index (χ2n) is 10.1. The van der Waals surface area contributed by atoms with Crippen LogP contribution in [0.25, 0.3) is 10.9 Å². The first-order chi connectivity index (χ1) is 16.6. The molecule has 0 spiro atoms. The average molecular weight is 463 g/mol. The molecule has 3 aliphatic rings. The van der Waals surface area contributed by atoms with Crippen molar-refractivity contribution >= 4 is 10.9 Å². The maximum Gasteiger partial charge on any atom is 0.248 e. The van der Waals surface area contributed by atoms with Gasteiger partial charge in [0, 0.05) is 24.4 Å². The summed E-state index contributed by atoms with van der Waals surface area (Å²) in [5.41, 5.74) is 2.62. The molecule has 34 heavy (non-hydrogen) atoms. The number of rotatable bonds is 10. The van der Waals surface area contributed by atoms with Gasteiger partial charge in [0.05, 0.1) is 38.3 Å². The van der Waals surface area contributed by atoms with Gasteiger partial charge in [-0.05, 0) is 73.5 Å². The molecule has 3 aliphatic heterocycles. The standard InChI is InChI=1S/C28H35N3O3/c32-26-8-4-23(25-7-9-27(33)30-28(25)26)10-14-29-20-22-2-5-24(6-3-22)34-19-1-15-31-16-11-21(12-17-31)13-18-31/h2-9,21,29H,1,10-20H2,(H-,30,32,33)/p+1. The van der Waals surface area contributed by atoms with Crippen molar-refractivity contribution in [3.8, 4) is 11.5 Å². The number of phenols is 1. The Morgan fingerprint density at radius 1 is 1.00 bits per heavy atom. The zero-order chi connectivity index (χ0) is 23.4. The minimum atomic E-state index is -0.208. The van der Waals surface area contributed by atoms with Crippen molar-refractivity contribution in [1.82, 2.24) is 10.3 Å². The van der Waals surface area contributed by atoms with Crippen molar-refractivity contribution in [1.29, 1.82) is 0 Å². The maximum atomic E-state index is 11.6. The highest BCUT2D eigenvalue weighted by atomic mass is 16.5. The molecule has 180 valence electrons. The van der Waals surface area contributed by atoms with Crippen LogP contribution < -0.4 is 15.6 Å². The van der Waals surface area contributed by atoms with E-state index in [1.807, 2.05) is 6.07 Å². The molecule has 3 fully saturated rings. The van der Waals surface area contributed by atoms with Crippen LogP contribution in [-0.2, 0) is 13.0 Å². The lowest BCUT2D eigenvalue weighted by Gasteiger charge is -2.49. The largest absolute Gasteiger partial charge is 0.506 e. The highest BCUT2D eigenvalue weighted by Crippen LogP contribution is 2.33. The molecule has 0 radical (unpaired) electrons. The summed E-state index contributed by atoms with van der Waals surface area (Å²) in [5.74, 6) is 2.07. The third-order valence-electron chi connectivity index (χ3n) is 7.87. The second kappa shape index (κ2) is 10.2. The third-order valence-corrected chi connectivity index (χ3v) is 7.87. The molecule has 4 heterocycles. The maximum absolute atomic E-state index is 11.6. The predicted octanol–water partition coefficient (Wildman–Crippen LogP) is 3.97. The van der Waals surface area contributed by atoms with Crippen molar-refractivity contribution in [3.63, 3.8) is 0 Å². The lowest BCUT2D eigenvalue weighted by atomic mass is 9.85. The fraction of sp³-hybridized carbons (Fsp3) is 0.464. The monoisotopic (exact) mass is 462 g/mol. The van der Waals surface area contributed by atoms with E-state index in [-0.39, 0.29) is 11.3 Å². The first kappa shape index (κ1) is 22.9. The molecular formula is C28H36N3O3+. The molecule has 0 aliphatic carbocycles. The number of H-pyrrole nitrogens is 1. The number of pyridine rings is 1. The molecule has 0 unspecified atom stereocenters. The molecule has 6 heteroatoms. The van der Waals surface area contributed by atoms with Crippen molar-refractivity contribution in [3.05, 3.63) is 70.0 Å². The van der Waals surface area contributed by atoms with Crippen molar-refractivity contribution in [2.75, 3.05) is 39.3 Å². The molecule has 3 saturated heterocycles. The van der Waals surface area contributed by atoms with Gasteiger partial charge < -0.3 is 24.6 Å². The molecule has 1 aromatic heterocycles. The van der Waals surface area contributed by atoms with E-state index in [9.17, 15) is 9.90 Å². The van der Waals surface area contributed by atoms with Gasteiger partial charge in [-0.1, -0.05) is 18.2 Å². The van der Waals surface area contributed by atoms with E-state index in [0.29, 0.717) is 5.52 Å². The van der Waals surface area contributed by atoms with Gasteiger partial charge in [0.25, 0.3) is 0 Å².